The summed E-state index contributed by atoms with van der Waals surface area (Å²) in [6.45, 7) is 3.09. The molecule has 1 saturated carbocycles. The van der Waals surface area contributed by atoms with Crippen LogP contribution in [-0.2, 0) is 20.1 Å². The molecule has 31 heavy (non-hydrogen) atoms. The summed E-state index contributed by atoms with van der Waals surface area (Å²) in [5, 5.41) is 14.7. The summed E-state index contributed by atoms with van der Waals surface area (Å²) in [5.41, 5.74) is 3.60. The van der Waals surface area contributed by atoms with Crippen molar-refractivity contribution in [2.45, 2.75) is 57.9 Å². The van der Waals surface area contributed by atoms with Crippen molar-refractivity contribution in [2.75, 3.05) is 0 Å². The van der Waals surface area contributed by atoms with Crippen molar-refractivity contribution in [2.24, 2.45) is 7.05 Å². The number of rotatable bonds is 5. The van der Waals surface area contributed by atoms with Gasteiger partial charge in [-0.15, -0.1) is 11.3 Å². The van der Waals surface area contributed by atoms with E-state index in [0.717, 1.165) is 52.3 Å². The molecule has 1 N–H and O–H groups in total. The number of aryl methyl sites for hydroxylation is 2. The fourth-order valence-electron chi connectivity index (χ4n) is 4.49. The normalized spacial score (nSPS) is 20.9. The largest absolute Gasteiger partial charge is 0.471 e. The summed E-state index contributed by atoms with van der Waals surface area (Å²) in [5.74, 6) is 0.296. The van der Waals surface area contributed by atoms with Crippen LogP contribution < -0.4 is 4.74 Å². The molecule has 4 heterocycles. The third-order valence-corrected chi connectivity index (χ3v) is 7.19. The summed E-state index contributed by atoms with van der Waals surface area (Å²) in [7, 11) is 1.92. The van der Waals surface area contributed by atoms with Gasteiger partial charge in [0.05, 0.1) is 18.3 Å². The van der Waals surface area contributed by atoms with E-state index in [2.05, 4.69) is 22.2 Å². The smallest absolute Gasteiger partial charge is 0.260 e. The Morgan fingerprint density at radius 3 is 2.87 bits per heavy atom. The Labute approximate surface area is 185 Å². The summed E-state index contributed by atoms with van der Waals surface area (Å²) in [4.78, 5) is 21.7. The Kier molecular flexibility index (Phi) is 5.27. The number of carbonyl (C=O) groups is 1. The molecule has 1 aliphatic heterocycles. The molecular formula is C23H26N4O3S. The maximum absolute atomic E-state index is 13.2. The third-order valence-electron chi connectivity index (χ3n) is 6.08. The number of pyridine rings is 1. The van der Waals surface area contributed by atoms with Crippen LogP contribution in [0.15, 0.2) is 30.6 Å². The molecule has 0 bridgehead atoms. The maximum atomic E-state index is 13.2. The van der Waals surface area contributed by atoms with Gasteiger partial charge in [0, 0.05) is 41.3 Å². The van der Waals surface area contributed by atoms with E-state index in [0.29, 0.717) is 24.5 Å². The minimum Gasteiger partial charge on any atom is -0.471 e. The molecule has 2 unspecified atom stereocenters. The van der Waals surface area contributed by atoms with Gasteiger partial charge in [-0.1, -0.05) is 6.42 Å². The number of carbonyl (C=O) groups excluding carboxylic acids is 1. The molecular weight excluding hydrogens is 412 g/mol. The van der Waals surface area contributed by atoms with Gasteiger partial charge >= 0.3 is 0 Å². The van der Waals surface area contributed by atoms with E-state index in [-0.39, 0.29) is 12.0 Å². The van der Waals surface area contributed by atoms with Gasteiger partial charge in [0.1, 0.15) is 11.7 Å². The first-order chi connectivity index (χ1) is 15.0. The van der Waals surface area contributed by atoms with E-state index in [4.69, 9.17) is 4.74 Å². The molecule has 0 radical (unpaired) electrons. The fraction of sp³-hybridized carbons (Fsp3) is 0.435. The molecule has 2 atom stereocenters. The topological polar surface area (TPSA) is 80.5 Å². The lowest BCUT2D eigenvalue weighted by molar-refractivity contribution is 0.00397. The van der Waals surface area contributed by atoms with Crippen LogP contribution >= 0.6 is 11.3 Å². The monoisotopic (exact) mass is 438 g/mol. The second-order valence-corrected chi connectivity index (χ2v) is 9.56. The van der Waals surface area contributed by atoms with Crippen molar-refractivity contribution in [3.8, 4) is 16.3 Å². The second kappa shape index (κ2) is 8.09. The van der Waals surface area contributed by atoms with Gasteiger partial charge in [0.15, 0.2) is 0 Å². The number of aliphatic hydroxyl groups excluding tert-OH is 1. The van der Waals surface area contributed by atoms with Crippen molar-refractivity contribution < 1.29 is 14.6 Å². The number of aliphatic hydroxyl groups is 1. The first-order valence-corrected chi connectivity index (χ1v) is 11.5. The zero-order valence-electron chi connectivity index (χ0n) is 17.7. The van der Waals surface area contributed by atoms with Crippen molar-refractivity contribution in [1.29, 1.82) is 0 Å². The van der Waals surface area contributed by atoms with Crippen LogP contribution in [-0.4, -0.2) is 42.9 Å². The molecule has 3 aromatic rings. The number of nitrogens with zero attached hydrogens (tertiary/aromatic N) is 4. The summed E-state index contributed by atoms with van der Waals surface area (Å²) >= 11 is 1.69. The van der Waals surface area contributed by atoms with Crippen molar-refractivity contribution in [1.82, 2.24) is 19.7 Å². The van der Waals surface area contributed by atoms with Gasteiger partial charge in [-0.3, -0.25) is 9.48 Å². The van der Waals surface area contributed by atoms with Crippen molar-refractivity contribution >= 4 is 17.2 Å². The minimum absolute atomic E-state index is 0.0593. The first kappa shape index (κ1) is 20.2. The SMILES string of the molecule is Cc1nn(C)cc1-c1ccc(CN2Cc3ccnc(OC4CCCCC4O)c3C2=O)s1. The van der Waals surface area contributed by atoms with Gasteiger partial charge in [-0.25, -0.2) is 4.98 Å². The number of fused-ring (bicyclic) bond motifs is 1. The molecule has 162 valence electrons. The predicted molar refractivity (Wildman–Crippen MR) is 118 cm³/mol. The van der Waals surface area contributed by atoms with Gasteiger partial charge in [0.25, 0.3) is 5.91 Å². The fourth-order valence-corrected chi connectivity index (χ4v) is 5.57. The highest BCUT2D eigenvalue weighted by Gasteiger charge is 2.34. The minimum atomic E-state index is -0.500. The lowest BCUT2D eigenvalue weighted by atomic mass is 9.95. The molecule has 5 rings (SSSR count). The molecule has 7 nitrogen and oxygen atoms in total. The zero-order valence-corrected chi connectivity index (χ0v) is 18.6. The van der Waals surface area contributed by atoms with Gasteiger partial charge in [-0.05, 0) is 49.9 Å². The average molecular weight is 439 g/mol. The van der Waals surface area contributed by atoms with Gasteiger partial charge < -0.3 is 14.7 Å². The molecule has 0 aromatic carbocycles. The second-order valence-electron chi connectivity index (χ2n) is 8.39. The van der Waals surface area contributed by atoms with Crippen LogP contribution in [0.5, 0.6) is 5.88 Å². The molecule has 1 amide bonds. The van der Waals surface area contributed by atoms with E-state index < -0.39 is 6.10 Å². The van der Waals surface area contributed by atoms with E-state index in [1.165, 1.54) is 0 Å². The number of aromatic nitrogens is 3. The summed E-state index contributed by atoms with van der Waals surface area (Å²) in [6, 6.07) is 6.06. The van der Waals surface area contributed by atoms with Crippen molar-refractivity contribution in [3.63, 3.8) is 0 Å². The van der Waals surface area contributed by atoms with Crippen molar-refractivity contribution in [3.05, 3.63) is 52.3 Å². The maximum Gasteiger partial charge on any atom is 0.260 e. The number of ether oxygens (including phenoxy) is 1. The number of amides is 1. The Balaban J connectivity index is 1.33. The molecule has 0 spiro atoms. The third kappa shape index (κ3) is 3.85. The van der Waals surface area contributed by atoms with E-state index in [1.807, 2.05) is 35.8 Å². The molecule has 8 heteroatoms. The standard InChI is InChI=1S/C23H26N4O3S/c1-14-17(13-26(2)25-14)20-8-7-16(31-20)12-27-11-15-9-10-24-22(21(15)23(27)29)30-19-6-4-3-5-18(19)28/h7-10,13,18-19,28H,3-6,11-12H2,1-2H3. The Morgan fingerprint density at radius 2 is 2.10 bits per heavy atom. The Morgan fingerprint density at radius 1 is 1.26 bits per heavy atom. The van der Waals surface area contributed by atoms with Crippen LogP contribution in [0.25, 0.3) is 10.4 Å². The highest BCUT2D eigenvalue weighted by molar-refractivity contribution is 7.15. The van der Waals surface area contributed by atoms with Crippen LogP contribution in [0.3, 0.4) is 0 Å². The van der Waals surface area contributed by atoms with Gasteiger partial charge in [-0.2, -0.15) is 5.10 Å². The first-order valence-electron chi connectivity index (χ1n) is 10.7. The highest BCUT2D eigenvalue weighted by atomic mass is 32.1. The van der Waals surface area contributed by atoms with E-state index in [1.54, 1.807) is 17.5 Å². The van der Waals surface area contributed by atoms with E-state index in [9.17, 15) is 9.90 Å². The molecule has 3 aromatic heterocycles. The number of hydrogen-bond acceptors (Lipinski definition) is 6. The lowest BCUT2D eigenvalue weighted by Gasteiger charge is -2.28. The highest BCUT2D eigenvalue weighted by Crippen LogP contribution is 2.35. The predicted octanol–water partition coefficient (Wildman–Crippen LogP) is 3.69. The van der Waals surface area contributed by atoms with Crippen LogP contribution in [0.4, 0.5) is 0 Å². The Hall–Kier alpha value is -2.71. The summed E-state index contributed by atoms with van der Waals surface area (Å²) < 4.78 is 7.86. The zero-order chi connectivity index (χ0) is 21.5. The van der Waals surface area contributed by atoms with E-state index >= 15 is 0 Å². The summed E-state index contributed by atoms with van der Waals surface area (Å²) in [6.07, 6.45) is 6.47. The number of hydrogen-bond donors (Lipinski definition) is 1. The lowest BCUT2D eigenvalue weighted by Crippen LogP contribution is -2.35. The van der Waals surface area contributed by atoms with Crippen LogP contribution in [0.2, 0.25) is 0 Å². The van der Waals surface area contributed by atoms with Crippen LogP contribution in [0.1, 0.15) is 52.2 Å². The van der Waals surface area contributed by atoms with Crippen LogP contribution in [0, 0.1) is 6.92 Å². The Bertz CT molecular complexity index is 1120. The molecule has 1 fully saturated rings. The molecule has 0 saturated heterocycles. The molecule has 2 aliphatic rings. The average Bonchev–Trinajstić information content (AvgIpc) is 3.42. The molecule has 1 aliphatic carbocycles. The number of thiophene rings is 1. The quantitative estimate of drug-likeness (QED) is 0.657. The van der Waals surface area contributed by atoms with Gasteiger partial charge in [0.2, 0.25) is 5.88 Å².